The number of amides is 2. The van der Waals surface area contributed by atoms with Gasteiger partial charge >= 0.3 is 6.03 Å². The smallest absolute Gasteiger partial charge is 0.314 e. The van der Waals surface area contributed by atoms with Crippen LogP contribution in [0.15, 0.2) is 22.8 Å². The van der Waals surface area contributed by atoms with E-state index < -0.39 is 6.10 Å². The van der Waals surface area contributed by atoms with Crippen molar-refractivity contribution in [3.05, 3.63) is 24.2 Å². The molecule has 0 aromatic carbocycles. The zero-order valence-corrected chi connectivity index (χ0v) is 14.7. The normalized spacial score (nSPS) is 19.0. The number of aliphatic hydroxyl groups excluding tert-OH is 1. The average molecular weight is 338 g/mol. The first-order valence-corrected chi connectivity index (χ1v) is 8.76. The van der Waals surface area contributed by atoms with Gasteiger partial charge in [0, 0.05) is 39.3 Å². The lowest BCUT2D eigenvalue weighted by Crippen LogP contribution is -2.48. The van der Waals surface area contributed by atoms with Crippen LogP contribution in [0.25, 0.3) is 0 Å². The second-order valence-electron chi connectivity index (χ2n) is 6.46. The number of nitrogens with zero attached hydrogens (tertiary/aromatic N) is 2. The molecule has 1 fully saturated rings. The van der Waals surface area contributed by atoms with Gasteiger partial charge in [-0.1, -0.05) is 13.8 Å². The van der Waals surface area contributed by atoms with Crippen molar-refractivity contribution in [2.75, 3.05) is 52.4 Å². The van der Waals surface area contributed by atoms with Crippen molar-refractivity contribution < 1.29 is 14.3 Å². The molecule has 1 saturated heterocycles. The lowest BCUT2D eigenvalue weighted by atomic mass is 10.1. The molecule has 0 saturated carbocycles. The standard InChI is InChI=1S/C17H30N4O3/c1-3-20-6-8-21(9-7-20)13-14(2)11-18-17(23)19-12-15(22)16-5-4-10-24-16/h4-5,10,14-15,22H,3,6-9,11-13H2,1-2H3,(H2,18,19,23). The molecule has 7 nitrogen and oxygen atoms in total. The van der Waals surface area contributed by atoms with Crippen molar-refractivity contribution in [3.63, 3.8) is 0 Å². The molecular weight excluding hydrogens is 308 g/mol. The topological polar surface area (TPSA) is 81.0 Å². The van der Waals surface area contributed by atoms with Gasteiger partial charge in [-0.2, -0.15) is 0 Å². The molecule has 136 valence electrons. The highest BCUT2D eigenvalue weighted by molar-refractivity contribution is 5.73. The van der Waals surface area contributed by atoms with Gasteiger partial charge in [0.15, 0.2) is 0 Å². The molecule has 0 radical (unpaired) electrons. The van der Waals surface area contributed by atoms with Gasteiger partial charge in [0.1, 0.15) is 11.9 Å². The fraction of sp³-hybridized carbons (Fsp3) is 0.706. The van der Waals surface area contributed by atoms with Crippen molar-refractivity contribution in [3.8, 4) is 0 Å². The SMILES string of the molecule is CCN1CCN(CC(C)CNC(=O)NCC(O)c2ccco2)CC1. The van der Waals surface area contributed by atoms with Gasteiger partial charge in [-0.25, -0.2) is 4.79 Å². The summed E-state index contributed by atoms with van der Waals surface area (Å²) in [5.41, 5.74) is 0. The Hall–Kier alpha value is -1.57. The summed E-state index contributed by atoms with van der Waals surface area (Å²) in [6.07, 6.45) is 0.679. The van der Waals surface area contributed by atoms with Crippen LogP contribution in [-0.4, -0.2) is 73.3 Å². The van der Waals surface area contributed by atoms with Gasteiger partial charge < -0.3 is 30.0 Å². The highest BCUT2D eigenvalue weighted by Crippen LogP contribution is 2.11. The molecule has 1 aliphatic rings. The number of hydrogen-bond donors (Lipinski definition) is 3. The van der Waals surface area contributed by atoms with E-state index in [-0.39, 0.29) is 12.6 Å². The van der Waals surface area contributed by atoms with Crippen molar-refractivity contribution in [2.45, 2.75) is 20.0 Å². The molecule has 7 heteroatoms. The molecule has 2 unspecified atom stereocenters. The molecular formula is C17H30N4O3. The molecule has 3 N–H and O–H groups in total. The second kappa shape index (κ2) is 9.66. The van der Waals surface area contributed by atoms with E-state index in [2.05, 4.69) is 34.3 Å². The number of piperazine rings is 1. The van der Waals surface area contributed by atoms with E-state index in [0.717, 1.165) is 39.3 Å². The lowest BCUT2D eigenvalue weighted by Gasteiger charge is -2.35. The van der Waals surface area contributed by atoms with E-state index in [1.807, 2.05) is 0 Å². The van der Waals surface area contributed by atoms with E-state index >= 15 is 0 Å². The van der Waals surface area contributed by atoms with Crippen LogP contribution in [0.2, 0.25) is 0 Å². The number of hydrogen-bond acceptors (Lipinski definition) is 5. The zero-order chi connectivity index (χ0) is 17.4. The Balaban J connectivity index is 1.57. The van der Waals surface area contributed by atoms with E-state index in [9.17, 15) is 9.90 Å². The van der Waals surface area contributed by atoms with Crippen molar-refractivity contribution in [1.29, 1.82) is 0 Å². The summed E-state index contributed by atoms with van der Waals surface area (Å²) < 4.78 is 5.10. The highest BCUT2D eigenvalue weighted by Gasteiger charge is 2.18. The quantitative estimate of drug-likeness (QED) is 0.656. The molecule has 2 rings (SSSR count). The third kappa shape index (κ3) is 6.14. The van der Waals surface area contributed by atoms with Gasteiger partial charge in [-0.05, 0) is 24.6 Å². The van der Waals surface area contributed by atoms with Gasteiger partial charge in [0.25, 0.3) is 0 Å². The number of furan rings is 1. The van der Waals surface area contributed by atoms with Crippen LogP contribution in [0.3, 0.4) is 0 Å². The number of rotatable bonds is 8. The van der Waals surface area contributed by atoms with Crippen LogP contribution in [0, 0.1) is 5.92 Å². The maximum atomic E-state index is 11.8. The average Bonchev–Trinajstić information content (AvgIpc) is 3.13. The third-order valence-corrected chi connectivity index (χ3v) is 4.42. The molecule has 0 spiro atoms. The summed E-state index contributed by atoms with van der Waals surface area (Å²) in [6.45, 7) is 11.7. The number of carbonyl (C=O) groups excluding carboxylic acids is 1. The number of likely N-dealkylation sites (N-methyl/N-ethyl adjacent to an activating group) is 1. The van der Waals surface area contributed by atoms with E-state index in [0.29, 0.717) is 18.2 Å². The molecule has 24 heavy (non-hydrogen) atoms. The van der Waals surface area contributed by atoms with Gasteiger partial charge in [-0.15, -0.1) is 0 Å². The predicted octanol–water partition coefficient (Wildman–Crippen LogP) is 0.886. The Bertz CT molecular complexity index is 472. The Kier molecular flexibility index (Phi) is 7.55. The maximum absolute atomic E-state index is 11.8. The fourth-order valence-corrected chi connectivity index (χ4v) is 2.89. The third-order valence-electron chi connectivity index (χ3n) is 4.42. The molecule has 1 aromatic rings. The van der Waals surface area contributed by atoms with Crippen LogP contribution in [0.5, 0.6) is 0 Å². The van der Waals surface area contributed by atoms with Crippen LogP contribution < -0.4 is 10.6 Å². The summed E-state index contributed by atoms with van der Waals surface area (Å²) in [4.78, 5) is 16.7. The Morgan fingerprint density at radius 2 is 1.92 bits per heavy atom. The molecule has 2 heterocycles. The Morgan fingerprint density at radius 3 is 2.54 bits per heavy atom. The first-order valence-electron chi connectivity index (χ1n) is 8.76. The molecule has 1 aromatic heterocycles. The van der Waals surface area contributed by atoms with Crippen molar-refractivity contribution in [1.82, 2.24) is 20.4 Å². The summed E-state index contributed by atoms with van der Waals surface area (Å²) in [5, 5.41) is 15.4. The first kappa shape index (κ1) is 18.8. The maximum Gasteiger partial charge on any atom is 0.314 e. The number of nitrogens with one attached hydrogen (secondary N) is 2. The molecule has 1 aliphatic heterocycles. The fourth-order valence-electron chi connectivity index (χ4n) is 2.89. The monoisotopic (exact) mass is 338 g/mol. The van der Waals surface area contributed by atoms with Crippen LogP contribution in [0.1, 0.15) is 25.7 Å². The molecule has 0 aliphatic carbocycles. The van der Waals surface area contributed by atoms with Crippen LogP contribution in [-0.2, 0) is 0 Å². The zero-order valence-electron chi connectivity index (χ0n) is 14.7. The number of aliphatic hydroxyl groups is 1. The van der Waals surface area contributed by atoms with E-state index in [1.54, 1.807) is 12.1 Å². The minimum absolute atomic E-state index is 0.132. The second-order valence-corrected chi connectivity index (χ2v) is 6.46. The Labute approximate surface area is 144 Å². The van der Waals surface area contributed by atoms with E-state index in [1.165, 1.54) is 6.26 Å². The van der Waals surface area contributed by atoms with Gasteiger partial charge in [0.2, 0.25) is 0 Å². The van der Waals surface area contributed by atoms with Gasteiger partial charge in [-0.3, -0.25) is 0 Å². The van der Waals surface area contributed by atoms with Crippen LogP contribution in [0.4, 0.5) is 4.79 Å². The lowest BCUT2D eigenvalue weighted by molar-refractivity contribution is 0.124. The largest absolute Gasteiger partial charge is 0.467 e. The summed E-state index contributed by atoms with van der Waals surface area (Å²) in [5.74, 6) is 0.841. The number of carbonyl (C=O) groups is 1. The predicted molar refractivity (Wildman–Crippen MR) is 92.8 cm³/mol. The van der Waals surface area contributed by atoms with E-state index in [4.69, 9.17) is 4.42 Å². The Morgan fingerprint density at radius 1 is 1.25 bits per heavy atom. The summed E-state index contributed by atoms with van der Waals surface area (Å²) in [7, 11) is 0. The summed E-state index contributed by atoms with van der Waals surface area (Å²) >= 11 is 0. The molecule has 2 atom stereocenters. The minimum atomic E-state index is -0.821. The highest BCUT2D eigenvalue weighted by atomic mass is 16.4. The van der Waals surface area contributed by atoms with Gasteiger partial charge in [0.05, 0.1) is 12.8 Å². The number of urea groups is 1. The molecule has 0 bridgehead atoms. The van der Waals surface area contributed by atoms with Crippen molar-refractivity contribution >= 4 is 6.03 Å². The summed E-state index contributed by atoms with van der Waals surface area (Å²) in [6, 6.07) is 3.13. The first-order chi connectivity index (χ1) is 11.6. The molecule has 2 amide bonds. The van der Waals surface area contributed by atoms with Crippen molar-refractivity contribution in [2.24, 2.45) is 5.92 Å². The van der Waals surface area contributed by atoms with Crippen LogP contribution >= 0.6 is 0 Å². The minimum Gasteiger partial charge on any atom is -0.467 e.